The molecule has 0 fully saturated rings. The number of aryl methyl sites for hydroxylation is 1. The third-order valence-electron chi connectivity index (χ3n) is 6.28. The smallest absolute Gasteiger partial charge is 0.303 e. The first-order valence-corrected chi connectivity index (χ1v) is 12.6. The monoisotopic (exact) mass is 496 g/mol. The molecule has 0 saturated heterocycles. The zero-order valence-corrected chi connectivity index (χ0v) is 21.2. The van der Waals surface area contributed by atoms with Gasteiger partial charge in [0.1, 0.15) is 12.4 Å². The zero-order chi connectivity index (χ0) is 26.2. The summed E-state index contributed by atoms with van der Waals surface area (Å²) >= 11 is 0. The van der Waals surface area contributed by atoms with Gasteiger partial charge in [-0.1, -0.05) is 68.4 Å². The van der Waals surface area contributed by atoms with E-state index >= 15 is 0 Å². The molecule has 1 aromatic heterocycles. The number of rotatable bonds is 11. The number of carbonyl (C=O) groups is 2. The van der Waals surface area contributed by atoms with Crippen LogP contribution in [-0.4, -0.2) is 22.0 Å². The summed E-state index contributed by atoms with van der Waals surface area (Å²) in [6, 6.07) is 23.3. The minimum absolute atomic E-state index is 0.0510. The molecule has 0 saturated carbocycles. The number of hydrogen-bond acceptors (Lipinski definition) is 4. The van der Waals surface area contributed by atoms with E-state index < -0.39 is 5.97 Å². The second-order valence-electron chi connectivity index (χ2n) is 9.59. The summed E-state index contributed by atoms with van der Waals surface area (Å²) in [5.41, 5.74) is 3.07. The van der Waals surface area contributed by atoms with Crippen LogP contribution >= 0.6 is 0 Å². The molecule has 1 amide bonds. The number of pyridine rings is 1. The average Bonchev–Trinajstić information content (AvgIpc) is 2.90. The Labute approximate surface area is 217 Å². The van der Waals surface area contributed by atoms with Crippen LogP contribution in [0.1, 0.15) is 59.8 Å². The summed E-state index contributed by atoms with van der Waals surface area (Å²) in [6.45, 7) is 4.54. The molecular formula is C31H32N2O4. The maximum Gasteiger partial charge on any atom is 0.303 e. The molecule has 0 spiro atoms. The standard InChI is InChI=1S/C31H32N2O4/c1-21(2)17-29(27-11-5-8-23-7-3-4-10-26(23)27)33-31(36)28-18-22(12-13-24(28)14-15-30(34)35)20-37-25-9-6-16-32-19-25/h3-13,16,18-19,21,29H,14-15,17,20H2,1-2H3,(H,33,36)(H,34,35). The molecule has 4 rings (SSSR count). The quantitative estimate of drug-likeness (QED) is 0.253. The Morgan fingerprint density at radius 1 is 1.00 bits per heavy atom. The number of hydrogen-bond donors (Lipinski definition) is 2. The van der Waals surface area contributed by atoms with Crippen molar-refractivity contribution < 1.29 is 19.4 Å². The Kier molecular flexibility index (Phi) is 8.52. The lowest BCUT2D eigenvalue weighted by molar-refractivity contribution is -0.136. The van der Waals surface area contributed by atoms with Crippen LogP contribution < -0.4 is 10.1 Å². The molecule has 0 aliphatic heterocycles. The summed E-state index contributed by atoms with van der Waals surface area (Å²) in [4.78, 5) is 29.1. The number of fused-ring (bicyclic) bond motifs is 1. The van der Waals surface area contributed by atoms with E-state index in [1.54, 1.807) is 24.5 Å². The zero-order valence-electron chi connectivity index (χ0n) is 21.2. The second kappa shape index (κ2) is 12.2. The van der Waals surface area contributed by atoms with Gasteiger partial charge >= 0.3 is 5.97 Å². The summed E-state index contributed by atoms with van der Waals surface area (Å²) in [5, 5.41) is 14.7. The summed E-state index contributed by atoms with van der Waals surface area (Å²) in [7, 11) is 0. The Morgan fingerprint density at radius 3 is 2.57 bits per heavy atom. The maximum absolute atomic E-state index is 13.7. The van der Waals surface area contributed by atoms with Gasteiger partial charge in [0.05, 0.1) is 12.2 Å². The van der Waals surface area contributed by atoms with Crippen LogP contribution in [0.5, 0.6) is 5.75 Å². The Bertz CT molecular complexity index is 1360. The van der Waals surface area contributed by atoms with E-state index in [0.29, 0.717) is 22.8 Å². The van der Waals surface area contributed by atoms with Crippen LogP contribution in [0.3, 0.4) is 0 Å². The number of nitrogens with one attached hydrogen (secondary N) is 1. The van der Waals surface area contributed by atoms with Crippen molar-refractivity contribution in [2.45, 2.75) is 45.8 Å². The number of aromatic nitrogens is 1. The van der Waals surface area contributed by atoms with Gasteiger partial charge in [0.2, 0.25) is 0 Å². The number of aliphatic carboxylic acids is 1. The average molecular weight is 497 g/mol. The molecule has 0 bridgehead atoms. The minimum atomic E-state index is -0.899. The van der Waals surface area contributed by atoms with Crippen LogP contribution in [0.25, 0.3) is 10.8 Å². The van der Waals surface area contributed by atoms with Gasteiger partial charge in [0.25, 0.3) is 5.91 Å². The first kappa shape index (κ1) is 25.9. The molecule has 1 unspecified atom stereocenters. The van der Waals surface area contributed by atoms with Crippen molar-refractivity contribution in [3.8, 4) is 5.75 Å². The second-order valence-corrected chi connectivity index (χ2v) is 9.59. The van der Waals surface area contributed by atoms with Gasteiger partial charge in [0, 0.05) is 18.2 Å². The maximum atomic E-state index is 13.7. The number of ether oxygens (including phenoxy) is 1. The van der Waals surface area contributed by atoms with Crippen molar-refractivity contribution in [3.05, 3.63) is 107 Å². The predicted octanol–water partition coefficient (Wildman–Crippen LogP) is 6.35. The topological polar surface area (TPSA) is 88.5 Å². The summed E-state index contributed by atoms with van der Waals surface area (Å²) in [5.74, 6) is -0.127. The Morgan fingerprint density at radius 2 is 1.81 bits per heavy atom. The third-order valence-corrected chi connectivity index (χ3v) is 6.28. The number of carboxylic acids is 1. The molecular weight excluding hydrogens is 464 g/mol. The molecule has 190 valence electrons. The van der Waals surface area contributed by atoms with E-state index in [2.05, 4.69) is 48.4 Å². The van der Waals surface area contributed by atoms with E-state index in [4.69, 9.17) is 4.74 Å². The van der Waals surface area contributed by atoms with Crippen LogP contribution in [0.2, 0.25) is 0 Å². The van der Waals surface area contributed by atoms with Crippen molar-refractivity contribution in [2.24, 2.45) is 5.92 Å². The van der Waals surface area contributed by atoms with E-state index in [1.165, 1.54) is 0 Å². The normalized spacial score (nSPS) is 11.9. The van der Waals surface area contributed by atoms with E-state index in [1.807, 2.05) is 36.4 Å². The lowest BCUT2D eigenvalue weighted by Gasteiger charge is -2.24. The number of carbonyl (C=O) groups excluding carboxylic acids is 1. The van der Waals surface area contributed by atoms with Gasteiger partial charge in [0.15, 0.2) is 0 Å². The molecule has 0 radical (unpaired) electrons. The van der Waals surface area contributed by atoms with Crippen molar-refractivity contribution >= 4 is 22.6 Å². The fourth-order valence-corrected chi connectivity index (χ4v) is 4.51. The van der Waals surface area contributed by atoms with Crippen molar-refractivity contribution in [2.75, 3.05) is 0 Å². The van der Waals surface area contributed by atoms with Gasteiger partial charge in [-0.2, -0.15) is 0 Å². The highest BCUT2D eigenvalue weighted by Crippen LogP contribution is 2.29. The molecule has 1 atom stereocenters. The fourth-order valence-electron chi connectivity index (χ4n) is 4.51. The molecule has 6 nitrogen and oxygen atoms in total. The van der Waals surface area contributed by atoms with Crippen LogP contribution in [0, 0.1) is 5.92 Å². The number of carboxylic acid groups (broad SMARTS) is 1. The Hall–Kier alpha value is -4.19. The third kappa shape index (κ3) is 6.94. The molecule has 4 aromatic rings. The van der Waals surface area contributed by atoms with Gasteiger partial charge in [-0.3, -0.25) is 14.6 Å². The van der Waals surface area contributed by atoms with Gasteiger partial charge in [-0.25, -0.2) is 0 Å². The highest BCUT2D eigenvalue weighted by atomic mass is 16.5. The highest BCUT2D eigenvalue weighted by Gasteiger charge is 2.21. The molecule has 2 N–H and O–H groups in total. The van der Waals surface area contributed by atoms with E-state index in [9.17, 15) is 14.7 Å². The number of nitrogens with zero attached hydrogens (tertiary/aromatic N) is 1. The molecule has 0 aliphatic rings. The minimum Gasteiger partial charge on any atom is -0.487 e. The Balaban J connectivity index is 1.64. The van der Waals surface area contributed by atoms with E-state index in [0.717, 1.165) is 28.3 Å². The molecule has 3 aromatic carbocycles. The molecule has 0 aliphatic carbocycles. The molecule has 6 heteroatoms. The lowest BCUT2D eigenvalue weighted by atomic mass is 9.92. The predicted molar refractivity (Wildman–Crippen MR) is 145 cm³/mol. The fraction of sp³-hybridized carbons (Fsp3) is 0.258. The SMILES string of the molecule is CC(C)CC(NC(=O)c1cc(COc2cccnc2)ccc1CCC(=O)O)c1cccc2ccccc12. The first-order valence-electron chi connectivity index (χ1n) is 12.6. The van der Waals surface area contributed by atoms with Crippen molar-refractivity contribution in [3.63, 3.8) is 0 Å². The van der Waals surface area contributed by atoms with Crippen LogP contribution in [-0.2, 0) is 17.8 Å². The van der Waals surface area contributed by atoms with Crippen molar-refractivity contribution in [1.29, 1.82) is 0 Å². The van der Waals surface area contributed by atoms with Gasteiger partial charge in [-0.05, 0) is 64.4 Å². The first-order chi connectivity index (χ1) is 17.9. The van der Waals surface area contributed by atoms with Crippen LogP contribution in [0.15, 0.2) is 85.2 Å². The lowest BCUT2D eigenvalue weighted by Crippen LogP contribution is -2.30. The van der Waals surface area contributed by atoms with Gasteiger partial charge in [-0.15, -0.1) is 0 Å². The molecule has 1 heterocycles. The van der Waals surface area contributed by atoms with Crippen molar-refractivity contribution in [1.82, 2.24) is 10.3 Å². The summed E-state index contributed by atoms with van der Waals surface area (Å²) in [6.07, 6.45) is 4.30. The highest BCUT2D eigenvalue weighted by molar-refractivity contribution is 5.97. The van der Waals surface area contributed by atoms with E-state index in [-0.39, 0.29) is 31.4 Å². The van der Waals surface area contributed by atoms with Gasteiger partial charge < -0.3 is 15.2 Å². The van der Waals surface area contributed by atoms with Crippen LogP contribution in [0.4, 0.5) is 0 Å². The number of amides is 1. The molecule has 37 heavy (non-hydrogen) atoms. The largest absolute Gasteiger partial charge is 0.487 e. The summed E-state index contributed by atoms with van der Waals surface area (Å²) < 4.78 is 5.83. The number of benzene rings is 3.